The van der Waals surface area contributed by atoms with Gasteiger partial charge in [0.2, 0.25) is 0 Å². The van der Waals surface area contributed by atoms with Crippen molar-refractivity contribution < 1.29 is 27.2 Å². The lowest BCUT2D eigenvalue weighted by Crippen LogP contribution is -2.15. The molecule has 1 aliphatic rings. The van der Waals surface area contributed by atoms with Crippen LogP contribution < -0.4 is 0 Å². The summed E-state index contributed by atoms with van der Waals surface area (Å²) in [7, 11) is 0. The summed E-state index contributed by atoms with van der Waals surface area (Å²) in [5.74, 6) is -1.88. The Hall–Kier alpha value is -2.02. The molecule has 0 aromatic heterocycles. The first-order valence-electron chi connectivity index (χ1n) is 8.35. The van der Waals surface area contributed by atoms with Gasteiger partial charge in [-0.1, -0.05) is 34.1 Å². The molecule has 2 nitrogen and oxygen atoms in total. The van der Waals surface area contributed by atoms with Crippen molar-refractivity contribution >= 4 is 27.5 Å². The molecule has 0 saturated heterocycles. The minimum atomic E-state index is -4.59. The predicted octanol–water partition coefficient (Wildman–Crippen LogP) is 5.87. The van der Waals surface area contributed by atoms with Gasteiger partial charge in [-0.05, 0) is 48.1 Å². The lowest BCUT2D eigenvalue weighted by molar-refractivity contribution is -0.138. The fraction of sp³-hybridized carbons (Fsp3) is 0.300. The number of rotatable bonds is 6. The molecule has 0 atom stereocenters. The number of benzene rings is 2. The van der Waals surface area contributed by atoms with Crippen LogP contribution in [0.4, 0.5) is 17.6 Å². The zero-order valence-electron chi connectivity index (χ0n) is 14.1. The number of carbonyl (C=O) groups is 2. The number of carbonyl (C=O) groups excluding carboxylic acids is 2. The first kappa shape index (κ1) is 19.7. The monoisotopic (exact) mass is 442 g/mol. The summed E-state index contributed by atoms with van der Waals surface area (Å²) in [6.07, 6.45) is -3.86. The first-order chi connectivity index (χ1) is 12.7. The molecule has 1 aliphatic carbocycles. The van der Waals surface area contributed by atoms with Crippen LogP contribution in [0.15, 0.2) is 40.9 Å². The number of hydrogen-bond acceptors (Lipinski definition) is 2. The van der Waals surface area contributed by atoms with Crippen LogP contribution in [-0.2, 0) is 17.4 Å². The number of Topliss-reactive ketones (excluding diaryl/α,β-unsaturated/α-hetero) is 2. The summed E-state index contributed by atoms with van der Waals surface area (Å²) in [5, 5.41) is 0. The summed E-state index contributed by atoms with van der Waals surface area (Å²) in [5.41, 5.74) is -0.555. The Kier molecular flexibility index (Phi) is 5.51. The van der Waals surface area contributed by atoms with Crippen LogP contribution >= 0.6 is 15.9 Å². The van der Waals surface area contributed by atoms with Crippen molar-refractivity contribution in [2.75, 3.05) is 0 Å². The van der Waals surface area contributed by atoms with Crippen molar-refractivity contribution in [3.8, 4) is 0 Å². The van der Waals surface area contributed by atoms with Crippen LogP contribution in [0.25, 0.3) is 0 Å². The highest BCUT2D eigenvalue weighted by molar-refractivity contribution is 9.10. The van der Waals surface area contributed by atoms with Crippen LogP contribution in [0.3, 0.4) is 0 Å². The number of ketones is 2. The molecule has 2 aromatic rings. The van der Waals surface area contributed by atoms with Crippen molar-refractivity contribution in [2.24, 2.45) is 0 Å². The summed E-state index contributed by atoms with van der Waals surface area (Å²) < 4.78 is 53.9. The second-order valence-corrected chi connectivity index (χ2v) is 7.45. The predicted molar refractivity (Wildman–Crippen MR) is 95.2 cm³/mol. The van der Waals surface area contributed by atoms with E-state index in [0.717, 1.165) is 24.5 Å². The minimum Gasteiger partial charge on any atom is -0.299 e. The van der Waals surface area contributed by atoms with Gasteiger partial charge in [-0.2, -0.15) is 13.2 Å². The van der Waals surface area contributed by atoms with Gasteiger partial charge in [0.15, 0.2) is 5.78 Å². The van der Waals surface area contributed by atoms with E-state index in [1.54, 1.807) is 0 Å². The second kappa shape index (κ2) is 7.54. The zero-order valence-corrected chi connectivity index (χ0v) is 15.7. The molecule has 0 amide bonds. The lowest BCUT2D eigenvalue weighted by Gasteiger charge is -2.12. The normalized spacial score (nSPS) is 14.3. The fourth-order valence-corrected chi connectivity index (χ4v) is 3.65. The first-order valence-corrected chi connectivity index (χ1v) is 9.15. The Labute approximate surface area is 161 Å². The number of alkyl halides is 3. The van der Waals surface area contributed by atoms with E-state index in [-0.39, 0.29) is 17.0 Å². The van der Waals surface area contributed by atoms with Crippen molar-refractivity contribution in [1.29, 1.82) is 0 Å². The maximum absolute atomic E-state index is 14.3. The molecule has 0 bridgehead atoms. The lowest BCUT2D eigenvalue weighted by atomic mass is 9.97. The van der Waals surface area contributed by atoms with Crippen LogP contribution in [0.2, 0.25) is 0 Å². The molecule has 1 fully saturated rings. The smallest absolute Gasteiger partial charge is 0.299 e. The summed E-state index contributed by atoms with van der Waals surface area (Å²) in [6.45, 7) is 0. The largest absolute Gasteiger partial charge is 0.416 e. The highest BCUT2D eigenvalue weighted by Gasteiger charge is 2.33. The molecule has 3 rings (SSSR count). The van der Waals surface area contributed by atoms with Gasteiger partial charge in [0.05, 0.1) is 17.5 Å². The number of hydrogen-bond donors (Lipinski definition) is 0. The van der Waals surface area contributed by atoms with Gasteiger partial charge in [0, 0.05) is 10.9 Å². The Balaban J connectivity index is 1.74. The maximum atomic E-state index is 14.3. The molecule has 0 radical (unpaired) electrons. The average Bonchev–Trinajstić information content (AvgIpc) is 3.40. The number of halogens is 5. The topological polar surface area (TPSA) is 34.1 Å². The Bertz CT molecular complexity index is 901. The van der Waals surface area contributed by atoms with E-state index in [1.807, 2.05) is 0 Å². The van der Waals surface area contributed by atoms with Gasteiger partial charge in [-0.3, -0.25) is 9.59 Å². The maximum Gasteiger partial charge on any atom is 0.416 e. The van der Waals surface area contributed by atoms with Crippen molar-refractivity contribution in [3.63, 3.8) is 0 Å². The molecular weight excluding hydrogens is 428 g/mol. The van der Waals surface area contributed by atoms with E-state index < -0.39 is 42.0 Å². The van der Waals surface area contributed by atoms with E-state index >= 15 is 0 Å². The Morgan fingerprint density at radius 2 is 1.78 bits per heavy atom. The van der Waals surface area contributed by atoms with Gasteiger partial charge in [-0.25, -0.2) is 4.39 Å². The third-order valence-corrected chi connectivity index (χ3v) is 5.16. The molecule has 0 N–H and O–H groups in total. The highest BCUT2D eigenvalue weighted by atomic mass is 79.9. The molecule has 27 heavy (non-hydrogen) atoms. The van der Waals surface area contributed by atoms with Crippen molar-refractivity contribution in [3.05, 3.63) is 68.9 Å². The third-order valence-electron chi connectivity index (χ3n) is 4.47. The zero-order chi connectivity index (χ0) is 19.8. The van der Waals surface area contributed by atoms with Crippen molar-refractivity contribution in [1.82, 2.24) is 0 Å². The van der Waals surface area contributed by atoms with E-state index in [0.29, 0.717) is 4.47 Å². The van der Waals surface area contributed by atoms with E-state index in [4.69, 9.17) is 0 Å². The SMILES string of the molecule is O=C(CC(=O)c1cc(Br)c(C2CC2)cc1F)Cc1ccccc1C(F)(F)F. The molecule has 0 unspecified atom stereocenters. The standard InChI is InChI=1S/C20H15BrF4O2/c21-17-9-15(18(22)10-14(17)11-5-6-11)19(27)8-13(26)7-12-3-1-2-4-16(12)20(23,24)25/h1-4,9-11H,5-8H2. The van der Waals surface area contributed by atoms with Gasteiger partial charge < -0.3 is 0 Å². The Morgan fingerprint density at radius 3 is 2.41 bits per heavy atom. The fourth-order valence-electron chi connectivity index (χ4n) is 2.98. The minimum absolute atomic E-state index is 0.200. The van der Waals surface area contributed by atoms with E-state index in [9.17, 15) is 27.2 Å². The molecule has 1 saturated carbocycles. The van der Waals surface area contributed by atoms with E-state index in [2.05, 4.69) is 15.9 Å². The third kappa shape index (κ3) is 4.64. The molecule has 0 aliphatic heterocycles. The molecule has 0 spiro atoms. The van der Waals surface area contributed by atoms with Crippen LogP contribution in [0.1, 0.15) is 52.2 Å². The van der Waals surface area contributed by atoms with E-state index in [1.165, 1.54) is 30.3 Å². The van der Waals surface area contributed by atoms with Crippen LogP contribution in [0.5, 0.6) is 0 Å². The highest BCUT2D eigenvalue weighted by Crippen LogP contribution is 2.44. The summed E-state index contributed by atoms with van der Waals surface area (Å²) >= 11 is 3.31. The van der Waals surface area contributed by atoms with Crippen LogP contribution in [0, 0.1) is 5.82 Å². The van der Waals surface area contributed by atoms with Gasteiger partial charge in [0.25, 0.3) is 0 Å². The van der Waals surface area contributed by atoms with Gasteiger partial charge in [0.1, 0.15) is 11.6 Å². The molecule has 7 heteroatoms. The molecule has 2 aromatic carbocycles. The van der Waals surface area contributed by atoms with Gasteiger partial charge >= 0.3 is 6.18 Å². The second-order valence-electron chi connectivity index (χ2n) is 6.60. The quantitative estimate of drug-likeness (QED) is 0.318. The molecular formula is C20H15BrF4O2. The summed E-state index contributed by atoms with van der Waals surface area (Å²) in [6, 6.07) is 7.36. The van der Waals surface area contributed by atoms with Gasteiger partial charge in [-0.15, -0.1) is 0 Å². The molecule has 142 valence electrons. The molecule has 0 heterocycles. The van der Waals surface area contributed by atoms with Crippen molar-refractivity contribution in [2.45, 2.75) is 37.8 Å². The summed E-state index contributed by atoms with van der Waals surface area (Å²) in [4.78, 5) is 24.4. The average molecular weight is 443 g/mol. The Morgan fingerprint density at radius 1 is 1.11 bits per heavy atom. The van der Waals surface area contributed by atoms with Crippen LogP contribution in [-0.4, -0.2) is 11.6 Å².